The van der Waals surface area contributed by atoms with E-state index in [1.54, 1.807) is 0 Å². The molecule has 0 spiro atoms. The van der Waals surface area contributed by atoms with Crippen LogP contribution in [0.15, 0.2) is 0 Å². The number of nitrogens with one attached hydrogen (secondary N) is 1. The van der Waals surface area contributed by atoms with E-state index in [9.17, 15) is 0 Å². The molecule has 0 radical (unpaired) electrons. The fraction of sp³-hybridized carbons (Fsp3) is 1.00. The molecule has 2 saturated carbocycles. The van der Waals surface area contributed by atoms with Crippen LogP contribution in [-0.4, -0.2) is 12.6 Å². The maximum atomic E-state index is 3.84. The van der Waals surface area contributed by atoms with Gasteiger partial charge in [-0.3, -0.25) is 0 Å². The third-order valence-electron chi connectivity index (χ3n) is 4.84. The van der Waals surface area contributed by atoms with Crippen LogP contribution in [0.25, 0.3) is 0 Å². The van der Waals surface area contributed by atoms with Gasteiger partial charge in [-0.15, -0.1) is 0 Å². The van der Waals surface area contributed by atoms with Crippen LogP contribution in [0.2, 0.25) is 0 Å². The van der Waals surface area contributed by atoms with Crippen molar-refractivity contribution in [1.29, 1.82) is 0 Å². The lowest BCUT2D eigenvalue weighted by Gasteiger charge is -2.30. The molecule has 0 amide bonds. The first kappa shape index (κ1) is 12.4. The van der Waals surface area contributed by atoms with Gasteiger partial charge in [0.25, 0.3) is 0 Å². The Morgan fingerprint density at radius 3 is 2.12 bits per heavy atom. The standard InChI is InChI=1S/C15H29N/c1-2-13-8-10-15(11-9-13)16-12-14-6-4-3-5-7-14/h13-16H,2-12H2,1H3. The van der Waals surface area contributed by atoms with Gasteiger partial charge < -0.3 is 5.32 Å². The third-order valence-corrected chi connectivity index (χ3v) is 4.84. The summed E-state index contributed by atoms with van der Waals surface area (Å²) in [5.74, 6) is 2.03. The van der Waals surface area contributed by atoms with Crippen LogP contribution in [0.3, 0.4) is 0 Å². The summed E-state index contributed by atoms with van der Waals surface area (Å²) in [6, 6.07) is 0.852. The van der Waals surface area contributed by atoms with Crippen molar-refractivity contribution < 1.29 is 0 Å². The Hall–Kier alpha value is -0.0400. The van der Waals surface area contributed by atoms with E-state index in [-0.39, 0.29) is 0 Å². The Morgan fingerprint density at radius 1 is 0.812 bits per heavy atom. The molecule has 0 heterocycles. The molecule has 0 saturated heterocycles. The molecule has 0 bridgehead atoms. The van der Waals surface area contributed by atoms with Gasteiger partial charge in [-0.1, -0.05) is 32.6 Å². The monoisotopic (exact) mass is 223 g/mol. The summed E-state index contributed by atoms with van der Waals surface area (Å²) in [5.41, 5.74) is 0. The highest BCUT2D eigenvalue weighted by molar-refractivity contribution is 4.78. The van der Waals surface area contributed by atoms with Gasteiger partial charge in [-0.25, -0.2) is 0 Å². The molecular weight excluding hydrogens is 194 g/mol. The lowest BCUT2D eigenvalue weighted by atomic mass is 9.84. The quantitative estimate of drug-likeness (QED) is 0.756. The fourth-order valence-electron chi connectivity index (χ4n) is 3.50. The molecule has 0 aromatic heterocycles. The van der Waals surface area contributed by atoms with Crippen molar-refractivity contribution in [2.24, 2.45) is 11.8 Å². The molecule has 0 unspecified atom stereocenters. The highest BCUT2D eigenvalue weighted by atomic mass is 14.9. The molecule has 2 fully saturated rings. The van der Waals surface area contributed by atoms with E-state index in [1.165, 1.54) is 70.8 Å². The molecule has 16 heavy (non-hydrogen) atoms. The summed E-state index contributed by atoms with van der Waals surface area (Å²) in [7, 11) is 0. The largest absolute Gasteiger partial charge is 0.314 e. The highest BCUT2D eigenvalue weighted by Gasteiger charge is 2.21. The van der Waals surface area contributed by atoms with Gasteiger partial charge in [0.15, 0.2) is 0 Å². The maximum Gasteiger partial charge on any atom is 0.00673 e. The fourth-order valence-corrected chi connectivity index (χ4v) is 3.50. The summed E-state index contributed by atoms with van der Waals surface area (Å²) in [4.78, 5) is 0. The molecule has 2 rings (SSSR count). The van der Waals surface area contributed by atoms with Crippen LogP contribution in [0.5, 0.6) is 0 Å². The minimum atomic E-state index is 0.852. The van der Waals surface area contributed by atoms with Crippen LogP contribution in [0, 0.1) is 11.8 Å². The number of hydrogen-bond acceptors (Lipinski definition) is 1. The van der Waals surface area contributed by atoms with Gasteiger partial charge in [0, 0.05) is 6.04 Å². The van der Waals surface area contributed by atoms with E-state index in [0.29, 0.717) is 0 Å². The average Bonchev–Trinajstić information content (AvgIpc) is 2.38. The Labute approximate surface area is 101 Å². The van der Waals surface area contributed by atoms with E-state index in [2.05, 4.69) is 12.2 Å². The van der Waals surface area contributed by atoms with Crippen molar-refractivity contribution in [2.75, 3.05) is 6.54 Å². The van der Waals surface area contributed by atoms with Crippen molar-refractivity contribution in [3.05, 3.63) is 0 Å². The molecule has 1 heteroatoms. The van der Waals surface area contributed by atoms with Crippen molar-refractivity contribution in [1.82, 2.24) is 5.32 Å². The molecule has 1 nitrogen and oxygen atoms in total. The lowest BCUT2D eigenvalue weighted by Crippen LogP contribution is -2.36. The minimum absolute atomic E-state index is 0.852. The first-order valence-electron chi connectivity index (χ1n) is 7.62. The molecule has 94 valence electrons. The summed E-state index contributed by atoms with van der Waals surface area (Å²) in [5, 5.41) is 3.84. The minimum Gasteiger partial charge on any atom is -0.314 e. The Balaban J connectivity index is 1.59. The number of hydrogen-bond donors (Lipinski definition) is 1. The summed E-state index contributed by atoms with van der Waals surface area (Å²) in [6.45, 7) is 3.65. The Bertz CT molecular complexity index is 176. The first-order valence-corrected chi connectivity index (χ1v) is 7.62. The molecule has 0 aromatic carbocycles. The molecular formula is C15H29N. The zero-order valence-electron chi connectivity index (χ0n) is 11.0. The summed E-state index contributed by atoms with van der Waals surface area (Å²) in [6.07, 6.45) is 14.6. The van der Waals surface area contributed by atoms with E-state index in [4.69, 9.17) is 0 Å². The predicted octanol–water partition coefficient (Wildman–Crippen LogP) is 4.13. The summed E-state index contributed by atoms with van der Waals surface area (Å²) >= 11 is 0. The van der Waals surface area contributed by atoms with E-state index >= 15 is 0 Å². The Morgan fingerprint density at radius 2 is 1.50 bits per heavy atom. The lowest BCUT2D eigenvalue weighted by molar-refractivity contribution is 0.261. The van der Waals surface area contributed by atoms with Crippen molar-refractivity contribution in [3.63, 3.8) is 0 Å². The SMILES string of the molecule is CCC1CCC(NCC2CCCCC2)CC1. The second-order valence-corrected chi connectivity index (χ2v) is 6.04. The Kier molecular flexibility index (Phi) is 5.15. The van der Waals surface area contributed by atoms with E-state index < -0.39 is 0 Å². The van der Waals surface area contributed by atoms with Crippen LogP contribution in [0.4, 0.5) is 0 Å². The average molecular weight is 223 g/mol. The van der Waals surface area contributed by atoms with Gasteiger partial charge in [0.05, 0.1) is 0 Å². The molecule has 0 aliphatic heterocycles. The smallest absolute Gasteiger partial charge is 0.00673 e. The van der Waals surface area contributed by atoms with E-state index in [1.807, 2.05) is 0 Å². The second-order valence-electron chi connectivity index (χ2n) is 6.04. The van der Waals surface area contributed by atoms with Gasteiger partial charge in [0.2, 0.25) is 0 Å². The summed E-state index contributed by atoms with van der Waals surface area (Å²) < 4.78 is 0. The first-order chi connectivity index (χ1) is 7.88. The molecule has 2 aliphatic carbocycles. The zero-order chi connectivity index (χ0) is 11.2. The molecule has 0 atom stereocenters. The molecule has 1 N–H and O–H groups in total. The highest BCUT2D eigenvalue weighted by Crippen LogP contribution is 2.27. The van der Waals surface area contributed by atoms with Crippen molar-refractivity contribution in [3.8, 4) is 0 Å². The number of rotatable bonds is 4. The maximum absolute atomic E-state index is 3.84. The van der Waals surface area contributed by atoms with Gasteiger partial charge in [-0.2, -0.15) is 0 Å². The zero-order valence-corrected chi connectivity index (χ0v) is 11.0. The van der Waals surface area contributed by atoms with Crippen molar-refractivity contribution >= 4 is 0 Å². The van der Waals surface area contributed by atoms with E-state index in [0.717, 1.165) is 17.9 Å². The van der Waals surface area contributed by atoms with Crippen LogP contribution in [0.1, 0.15) is 71.1 Å². The van der Waals surface area contributed by atoms with Gasteiger partial charge in [-0.05, 0) is 56.9 Å². The van der Waals surface area contributed by atoms with Crippen molar-refractivity contribution in [2.45, 2.75) is 77.2 Å². The third kappa shape index (κ3) is 3.76. The van der Waals surface area contributed by atoms with Crippen LogP contribution in [-0.2, 0) is 0 Å². The second kappa shape index (κ2) is 6.64. The van der Waals surface area contributed by atoms with Gasteiger partial charge in [0.1, 0.15) is 0 Å². The van der Waals surface area contributed by atoms with Gasteiger partial charge >= 0.3 is 0 Å². The topological polar surface area (TPSA) is 12.0 Å². The predicted molar refractivity (Wildman–Crippen MR) is 70.6 cm³/mol. The molecule has 0 aromatic rings. The normalized spacial score (nSPS) is 32.8. The van der Waals surface area contributed by atoms with Crippen LogP contribution < -0.4 is 5.32 Å². The van der Waals surface area contributed by atoms with Crippen LogP contribution >= 0.6 is 0 Å². The molecule has 2 aliphatic rings.